The highest BCUT2D eigenvalue weighted by Crippen LogP contribution is 2.33. The topological polar surface area (TPSA) is 113 Å². The van der Waals surface area contributed by atoms with E-state index >= 15 is 0 Å². The monoisotopic (exact) mass is 280 g/mol. The first-order valence-corrected chi connectivity index (χ1v) is 6.22. The van der Waals surface area contributed by atoms with Crippen LogP contribution in [0.1, 0.15) is 13.3 Å². The van der Waals surface area contributed by atoms with Crippen LogP contribution in [0.3, 0.4) is 0 Å². The lowest BCUT2D eigenvalue weighted by molar-refractivity contribution is -0.383. The molecular formula is C11H16N6O3. The van der Waals surface area contributed by atoms with E-state index < -0.39 is 4.92 Å². The molecule has 9 nitrogen and oxygen atoms in total. The maximum absolute atomic E-state index is 11.2. The van der Waals surface area contributed by atoms with E-state index in [-0.39, 0.29) is 29.3 Å². The Morgan fingerprint density at radius 3 is 2.90 bits per heavy atom. The van der Waals surface area contributed by atoms with Gasteiger partial charge in [-0.15, -0.1) is 0 Å². The largest absolute Gasteiger partial charge is 0.367 e. The molecule has 2 rings (SSSR count). The van der Waals surface area contributed by atoms with Gasteiger partial charge in [-0.05, 0) is 6.42 Å². The summed E-state index contributed by atoms with van der Waals surface area (Å²) in [6, 6.07) is -0.0138. The van der Waals surface area contributed by atoms with E-state index in [1.807, 2.05) is 0 Å². The van der Waals surface area contributed by atoms with Crippen LogP contribution in [0.4, 0.5) is 17.3 Å². The van der Waals surface area contributed by atoms with Gasteiger partial charge in [0.15, 0.2) is 0 Å². The van der Waals surface area contributed by atoms with E-state index in [1.54, 1.807) is 11.9 Å². The molecule has 2 heterocycles. The second kappa shape index (κ2) is 5.68. The summed E-state index contributed by atoms with van der Waals surface area (Å²) in [6.07, 6.45) is 2.02. The molecule has 0 saturated carbocycles. The van der Waals surface area contributed by atoms with Crippen LogP contribution in [-0.2, 0) is 4.79 Å². The molecule has 1 aliphatic rings. The van der Waals surface area contributed by atoms with Gasteiger partial charge in [0.25, 0.3) is 0 Å². The van der Waals surface area contributed by atoms with Gasteiger partial charge in [-0.3, -0.25) is 14.9 Å². The van der Waals surface area contributed by atoms with Gasteiger partial charge >= 0.3 is 5.69 Å². The first kappa shape index (κ1) is 14.0. The van der Waals surface area contributed by atoms with Crippen molar-refractivity contribution >= 4 is 23.2 Å². The number of carbonyl (C=O) groups is 1. The predicted molar refractivity (Wildman–Crippen MR) is 72.7 cm³/mol. The zero-order valence-corrected chi connectivity index (χ0v) is 11.3. The molecular weight excluding hydrogens is 264 g/mol. The highest BCUT2D eigenvalue weighted by atomic mass is 16.6. The molecule has 0 aliphatic carbocycles. The third kappa shape index (κ3) is 2.76. The minimum absolute atomic E-state index is 0.0138. The second-order valence-electron chi connectivity index (χ2n) is 4.53. The van der Waals surface area contributed by atoms with Gasteiger partial charge in [-0.2, -0.15) is 0 Å². The Morgan fingerprint density at radius 1 is 1.55 bits per heavy atom. The Morgan fingerprint density at radius 2 is 2.30 bits per heavy atom. The lowest BCUT2D eigenvalue weighted by Gasteiger charge is -2.18. The SMILES string of the molecule is CNc1ncnc(N2CCC(NC(C)=O)C2)c1[N+](=O)[O-]. The zero-order valence-electron chi connectivity index (χ0n) is 11.3. The van der Waals surface area contributed by atoms with Crippen molar-refractivity contribution in [1.29, 1.82) is 0 Å². The van der Waals surface area contributed by atoms with Crippen LogP contribution in [0.5, 0.6) is 0 Å². The van der Waals surface area contributed by atoms with E-state index in [0.717, 1.165) is 6.42 Å². The normalized spacial score (nSPS) is 17.9. The van der Waals surface area contributed by atoms with Gasteiger partial charge in [0.2, 0.25) is 17.5 Å². The molecule has 1 amide bonds. The first-order valence-electron chi connectivity index (χ1n) is 6.22. The van der Waals surface area contributed by atoms with Crippen molar-refractivity contribution in [1.82, 2.24) is 15.3 Å². The van der Waals surface area contributed by atoms with Gasteiger partial charge in [-0.25, -0.2) is 9.97 Å². The molecule has 1 saturated heterocycles. The highest BCUT2D eigenvalue weighted by Gasteiger charge is 2.31. The predicted octanol–water partition coefficient (Wildman–Crippen LogP) is 0.141. The minimum atomic E-state index is -0.493. The summed E-state index contributed by atoms with van der Waals surface area (Å²) >= 11 is 0. The number of hydrogen-bond donors (Lipinski definition) is 2. The Hall–Kier alpha value is -2.45. The highest BCUT2D eigenvalue weighted by molar-refractivity contribution is 5.74. The van der Waals surface area contributed by atoms with Crippen LogP contribution in [0.25, 0.3) is 0 Å². The standard InChI is InChI=1S/C11H16N6O3/c1-7(18)15-8-3-4-16(5-8)11-9(17(19)20)10(12-2)13-6-14-11/h6,8H,3-5H2,1-2H3,(H,15,18)(H,12,13,14). The lowest BCUT2D eigenvalue weighted by atomic mass is 10.2. The van der Waals surface area contributed by atoms with Gasteiger partial charge in [0.05, 0.1) is 4.92 Å². The Bertz CT molecular complexity index is 535. The quantitative estimate of drug-likeness (QED) is 0.595. The number of rotatable bonds is 4. The van der Waals surface area contributed by atoms with E-state index in [1.165, 1.54) is 13.3 Å². The van der Waals surface area contributed by atoms with Gasteiger partial charge < -0.3 is 15.5 Å². The summed E-state index contributed by atoms with van der Waals surface area (Å²) < 4.78 is 0. The van der Waals surface area contributed by atoms with Crippen LogP contribution >= 0.6 is 0 Å². The number of nitrogens with one attached hydrogen (secondary N) is 2. The zero-order chi connectivity index (χ0) is 14.7. The van der Waals surface area contributed by atoms with E-state index in [4.69, 9.17) is 0 Å². The lowest BCUT2D eigenvalue weighted by Crippen LogP contribution is -2.35. The first-order chi connectivity index (χ1) is 9.52. The van der Waals surface area contributed by atoms with Crippen molar-refractivity contribution in [3.05, 3.63) is 16.4 Å². The van der Waals surface area contributed by atoms with Crippen molar-refractivity contribution < 1.29 is 9.72 Å². The molecule has 0 aromatic carbocycles. The van der Waals surface area contributed by atoms with Crippen LogP contribution in [0.15, 0.2) is 6.33 Å². The number of aromatic nitrogens is 2. The van der Waals surface area contributed by atoms with Gasteiger partial charge in [0, 0.05) is 33.1 Å². The van der Waals surface area contributed by atoms with Crippen molar-refractivity contribution in [2.75, 3.05) is 30.4 Å². The summed E-state index contributed by atoms with van der Waals surface area (Å²) in [7, 11) is 1.57. The molecule has 20 heavy (non-hydrogen) atoms. The summed E-state index contributed by atoms with van der Waals surface area (Å²) in [5, 5.41) is 16.7. The third-order valence-electron chi connectivity index (χ3n) is 3.12. The van der Waals surface area contributed by atoms with Crippen molar-refractivity contribution in [2.24, 2.45) is 0 Å². The number of nitro groups is 1. The summed E-state index contributed by atoms with van der Waals surface area (Å²) in [6.45, 7) is 2.56. The molecule has 1 aliphatic heterocycles. The Kier molecular flexibility index (Phi) is 3.97. The number of amides is 1. The van der Waals surface area contributed by atoms with Crippen molar-refractivity contribution in [2.45, 2.75) is 19.4 Å². The number of carbonyl (C=O) groups excluding carboxylic acids is 1. The maximum Gasteiger partial charge on any atom is 0.353 e. The summed E-state index contributed by atoms with van der Waals surface area (Å²) in [5.41, 5.74) is -0.140. The summed E-state index contributed by atoms with van der Waals surface area (Å²) in [5.74, 6) is 0.357. The van der Waals surface area contributed by atoms with Crippen molar-refractivity contribution in [3.63, 3.8) is 0 Å². The average Bonchev–Trinajstić information content (AvgIpc) is 2.85. The molecule has 1 unspecified atom stereocenters. The van der Waals surface area contributed by atoms with Gasteiger partial charge in [-0.1, -0.05) is 0 Å². The summed E-state index contributed by atoms with van der Waals surface area (Å²) in [4.78, 5) is 31.4. The Balaban J connectivity index is 2.25. The molecule has 0 spiro atoms. The fourth-order valence-electron chi connectivity index (χ4n) is 2.31. The van der Waals surface area contributed by atoms with Crippen LogP contribution < -0.4 is 15.5 Å². The van der Waals surface area contributed by atoms with Gasteiger partial charge in [0.1, 0.15) is 6.33 Å². The molecule has 1 atom stereocenters. The molecule has 2 N–H and O–H groups in total. The molecule has 0 bridgehead atoms. The fraction of sp³-hybridized carbons (Fsp3) is 0.545. The van der Waals surface area contributed by atoms with Crippen LogP contribution in [0, 0.1) is 10.1 Å². The van der Waals surface area contributed by atoms with E-state index in [9.17, 15) is 14.9 Å². The number of anilines is 2. The Labute approximate surface area is 115 Å². The molecule has 9 heteroatoms. The molecule has 1 fully saturated rings. The van der Waals surface area contributed by atoms with E-state index in [0.29, 0.717) is 13.1 Å². The molecule has 0 radical (unpaired) electrons. The molecule has 1 aromatic rings. The van der Waals surface area contributed by atoms with Crippen molar-refractivity contribution in [3.8, 4) is 0 Å². The fourth-order valence-corrected chi connectivity index (χ4v) is 2.31. The maximum atomic E-state index is 11.2. The third-order valence-corrected chi connectivity index (χ3v) is 3.12. The second-order valence-corrected chi connectivity index (χ2v) is 4.53. The average molecular weight is 280 g/mol. The minimum Gasteiger partial charge on any atom is -0.367 e. The molecule has 1 aromatic heterocycles. The van der Waals surface area contributed by atoms with Crippen LogP contribution in [0.2, 0.25) is 0 Å². The van der Waals surface area contributed by atoms with E-state index in [2.05, 4.69) is 20.6 Å². The smallest absolute Gasteiger partial charge is 0.353 e. The number of nitrogens with zero attached hydrogens (tertiary/aromatic N) is 4. The number of hydrogen-bond acceptors (Lipinski definition) is 7. The molecule has 108 valence electrons. The van der Waals surface area contributed by atoms with Crippen LogP contribution in [-0.4, -0.2) is 47.0 Å².